The first kappa shape index (κ1) is 10.1. The van der Waals surface area contributed by atoms with E-state index in [2.05, 4.69) is 12.6 Å². The summed E-state index contributed by atoms with van der Waals surface area (Å²) in [6, 6.07) is 0. The van der Waals surface area contributed by atoms with Crippen molar-refractivity contribution in [2.24, 2.45) is 0 Å². The van der Waals surface area contributed by atoms with Gasteiger partial charge in [0.15, 0.2) is 0 Å². The zero-order valence-corrected chi connectivity index (χ0v) is 7.26. The standard InChI is InChI=1S/C3H6OS.Y/c1-2-3(4)5;/h2H2,1H3,(H,4,5);/p-1. The summed E-state index contributed by atoms with van der Waals surface area (Å²) in [5.74, 6) is 0. The van der Waals surface area contributed by atoms with Crippen molar-refractivity contribution in [3.05, 3.63) is 0 Å². The van der Waals surface area contributed by atoms with E-state index >= 15 is 0 Å². The molecule has 3 heteroatoms. The smallest absolute Gasteiger partial charge is 0.0116 e. The molecule has 0 aromatic rings. The molecule has 0 atom stereocenters. The summed E-state index contributed by atoms with van der Waals surface area (Å²) >= 11 is 4.14. The Morgan fingerprint density at radius 2 is 2.00 bits per heavy atom. The van der Waals surface area contributed by atoms with E-state index in [1.807, 2.05) is 0 Å². The maximum Gasteiger partial charge on any atom is 0.0116 e. The van der Waals surface area contributed by atoms with Crippen LogP contribution in [0.4, 0.5) is 0 Å². The van der Waals surface area contributed by atoms with Crippen molar-refractivity contribution in [2.75, 3.05) is 0 Å². The van der Waals surface area contributed by atoms with Crippen molar-refractivity contribution in [1.29, 1.82) is 0 Å². The zero-order valence-electron chi connectivity index (χ0n) is 3.60. The third-order valence-corrected chi connectivity index (χ3v) is 0.577. The van der Waals surface area contributed by atoms with E-state index < -0.39 is 0 Å². The molecule has 0 aliphatic carbocycles. The molecule has 0 N–H and O–H groups in total. The second-order valence-corrected chi connectivity index (χ2v) is 1.18. The summed E-state index contributed by atoms with van der Waals surface area (Å²) < 4.78 is 0. The van der Waals surface area contributed by atoms with Gasteiger partial charge in [0.25, 0.3) is 0 Å². The molecule has 0 aromatic carbocycles. The van der Waals surface area contributed by atoms with Gasteiger partial charge in [0.2, 0.25) is 0 Å². The van der Waals surface area contributed by atoms with Gasteiger partial charge in [-0.05, 0) is 6.42 Å². The maximum atomic E-state index is 9.63. The van der Waals surface area contributed by atoms with Crippen LogP contribution < -0.4 is 0 Å². The third kappa shape index (κ3) is 8.89. The Labute approximate surface area is 68.2 Å². The van der Waals surface area contributed by atoms with Gasteiger partial charge in [-0.1, -0.05) is 6.92 Å². The van der Waals surface area contributed by atoms with Crippen LogP contribution in [0.5, 0.6) is 0 Å². The number of carbonyl (C=O) groups is 1. The molecule has 1 nitrogen and oxygen atoms in total. The number of hydrogen-bond donors (Lipinski definition) is 0. The van der Waals surface area contributed by atoms with E-state index in [0.29, 0.717) is 6.42 Å². The topological polar surface area (TPSA) is 17.1 Å². The molecule has 0 bridgehead atoms. The molecular formula is C3H5OSY-. The Balaban J connectivity index is 0. The fraction of sp³-hybridized carbons (Fsp3) is 0.667. The van der Waals surface area contributed by atoms with E-state index in [9.17, 15) is 4.79 Å². The molecular weight excluding hydrogens is 173 g/mol. The second kappa shape index (κ2) is 5.99. The zero-order chi connectivity index (χ0) is 4.28. The number of rotatable bonds is 1. The van der Waals surface area contributed by atoms with Crippen LogP contribution in [0.15, 0.2) is 0 Å². The van der Waals surface area contributed by atoms with Gasteiger partial charge in [-0.15, -0.1) is 0 Å². The average Bonchev–Trinajstić information content (AvgIpc) is 1.38. The summed E-state index contributed by atoms with van der Waals surface area (Å²) in [4.78, 5) is 9.63. The van der Waals surface area contributed by atoms with E-state index in [4.69, 9.17) is 0 Å². The summed E-state index contributed by atoms with van der Waals surface area (Å²) in [6.07, 6.45) is 0.481. The van der Waals surface area contributed by atoms with E-state index in [1.165, 1.54) is 0 Å². The van der Waals surface area contributed by atoms with Gasteiger partial charge >= 0.3 is 0 Å². The predicted octanol–water partition coefficient (Wildman–Crippen LogP) is 0.467. The van der Waals surface area contributed by atoms with E-state index in [1.54, 1.807) is 6.92 Å². The molecule has 6 heavy (non-hydrogen) atoms. The summed E-state index contributed by atoms with van der Waals surface area (Å²) in [6.45, 7) is 1.75. The van der Waals surface area contributed by atoms with Crippen LogP contribution >= 0.6 is 0 Å². The minimum Gasteiger partial charge on any atom is -0.742 e. The quantitative estimate of drug-likeness (QED) is 0.543. The summed E-state index contributed by atoms with van der Waals surface area (Å²) in [5, 5.41) is -0.162. The molecule has 0 aromatic heterocycles. The van der Waals surface area contributed by atoms with Gasteiger partial charge < -0.3 is 17.4 Å². The van der Waals surface area contributed by atoms with Crippen molar-refractivity contribution >= 4 is 17.7 Å². The van der Waals surface area contributed by atoms with Gasteiger partial charge in [0, 0.05) is 37.8 Å². The first-order valence-electron chi connectivity index (χ1n) is 1.47. The fourth-order valence-corrected chi connectivity index (χ4v) is 0. The minimum absolute atomic E-state index is 0. The average molecular weight is 178 g/mol. The molecule has 0 saturated carbocycles. The SMILES string of the molecule is CCC(=O)[S-].[Y]. The Morgan fingerprint density at radius 3 is 2.00 bits per heavy atom. The molecule has 1 radical (unpaired) electrons. The third-order valence-electron chi connectivity index (χ3n) is 0.289. The molecule has 0 rings (SSSR count). The second-order valence-electron chi connectivity index (χ2n) is 0.726. The van der Waals surface area contributed by atoms with Gasteiger partial charge in [-0.3, -0.25) is 0 Å². The van der Waals surface area contributed by atoms with Crippen molar-refractivity contribution < 1.29 is 37.5 Å². The van der Waals surface area contributed by atoms with E-state index in [0.717, 1.165) is 0 Å². The van der Waals surface area contributed by atoms with Crippen LogP contribution in [0.3, 0.4) is 0 Å². The van der Waals surface area contributed by atoms with Crippen LogP contribution in [0.2, 0.25) is 0 Å². The Hall–Kier alpha value is 0.994. The first-order chi connectivity index (χ1) is 2.27. The van der Waals surface area contributed by atoms with Crippen molar-refractivity contribution in [1.82, 2.24) is 0 Å². The first-order valence-corrected chi connectivity index (χ1v) is 1.88. The molecule has 0 aliphatic rings. The Kier molecular flexibility index (Phi) is 10.1. The van der Waals surface area contributed by atoms with E-state index in [-0.39, 0.29) is 37.8 Å². The summed E-state index contributed by atoms with van der Waals surface area (Å²) in [7, 11) is 0. The van der Waals surface area contributed by atoms with Crippen molar-refractivity contribution in [3.63, 3.8) is 0 Å². The summed E-state index contributed by atoms with van der Waals surface area (Å²) in [5.41, 5.74) is 0. The molecule has 0 spiro atoms. The minimum atomic E-state index is -0.162. The van der Waals surface area contributed by atoms with Crippen LogP contribution in [0.1, 0.15) is 13.3 Å². The van der Waals surface area contributed by atoms with Gasteiger partial charge in [0.05, 0.1) is 0 Å². The van der Waals surface area contributed by atoms with Crippen molar-refractivity contribution in [3.8, 4) is 0 Å². The normalized spacial score (nSPS) is 6.17. The van der Waals surface area contributed by atoms with Crippen molar-refractivity contribution in [2.45, 2.75) is 13.3 Å². The van der Waals surface area contributed by atoms with Gasteiger partial charge in [-0.25, -0.2) is 0 Å². The van der Waals surface area contributed by atoms with Gasteiger partial charge in [0.1, 0.15) is 0 Å². The van der Waals surface area contributed by atoms with Crippen LogP contribution in [0, 0.1) is 0 Å². The molecule has 0 aliphatic heterocycles. The van der Waals surface area contributed by atoms with Crippen LogP contribution in [-0.4, -0.2) is 5.12 Å². The molecule has 0 amide bonds. The monoisotopic (exact) mass is 178 g/mol. The predicted molar refractivity (Wildman–Crippen MR) is 22.7 cm³/mol. The molecule has 0 heterocycles. The molecule has 33 valence electrons. The molecule has 0 saturated heterocycles. The largest absolute Gasteiger partial charge is 0.742 e. The maximum absolute atomic E-state index is 9.63. The number of hydrogen-bond acceptors (Lipinski definition) is 2. The Bertz CT molecular complexity index is 46.1. The molecule has 0 unspecified atom stereocenters. The van der Waals surface area contributed by atoms with Gasteiger partial charge in [-0.2, -0.15) is 0 Å². The molecule has 0 fully saturated rings. The number of carbonyl (C=O) groups excluding carboxylic acids is 1. The Morgan fingerprint density at radius 1 is 1.83 bits per heavy atom. The van der Waals surface area contributed by atoms with Crippen LogP contribution in [0.25, 0.3) is 0 Å². The fourth-order valence-electron chi connectivity index (χ4n) is 0. The van der Waals surface area contributed by atoms with Crippen LogP contribution in [-0.2, 0) is 50.1 Å².